The van der Waals surface area contributed by atoms with E-state index in [1.165, 1.54) is 22.7 Å². The third-order valence-electron chi connectivity index (χ3n) is 4.98. The van der Waals surface area contributed by atoms with Crippen LogP contribution in [-0.2, 0) is 16.0 Å². The zero-order valence-corrected chi connectivity index (χ0v) is 18.2. The number of nitrogens with one attached hydrogen (secondary N) is 1. The van der Waals surface area contributed by atoms with Gasteiger partial charge in [0.15, 0.2) is 6.29 Å². The molecule has 4 aromatic rings. The summed E-state index contributed by atoms with van der Waals surface area (Å²) in [5.41, 5.74) is 1.47. The lowest BCUT2D eigenvalue weighted by atomic mass is 10.1. The molecule has 1 N–H and O–H groups in total. The van der Waals surface area contributed by atoms with Gasteiger partial charge in [-0.3, -0.25) is 19.0 Å². The monoisotopic (exact) mass is 450 g/mol. The number of benzene rings is 1. The lowest BCUT2D eigenvalue weighted by Gasteiger charge is -2.18. The summed E-state index contributed by atoms with van der Waals surface area (Å²) >= 11 is 0. The molecule has 0 radical (unpaired) electrons. The zero-order valence-electron chi connectivity index (χ0n) is 18.2. The molecule has 1 aromatic carbocycles. The lowest BCUT2D eigenvalue weighted by molar-refractivity contribution is -0.140. The summed E-state index contributed by atoms with van der Waals surface area (Å²) in [6, 6.07) is 11.1. The summed E-state index contributed by atoms with van der Waals surface area (Å²) in [6.07, 6.45) is 2.40. The van der Waals surface area contributed by atoms with E-state index in [1.807, 2.05) is 13.8 Å². The van der Waals surface area contributed by atoms with E-state index in [1.54, 1.807) is 36.5 Å². The van der Waals surface area contributed by atoms with Gasteiger partial charge in [0.25, 0.3) is 11.5 Å². The second-order valence-electron chi connectivity index (χ2n) is 7.25. The third-order valence-corrected chi connectivity index (χ3v) is 4.98. The van der Waals surface area contributed by atoms with Crippen LogP contribution in [0.15, 0.2) is 59.7 Å². The Morgan fingerprint density at radius 2 is 1.94 bits per heavy atom. The number of ether oxygens (including phenoxy) is 2. The highest BCUT2D eigenvalue weighted by atomic mass is 19.1. The normalized spacial score (nSPS) is 11.4. The average Bonchev–Trinajstić information content (AvgIpc) is 2.82. The average molecular weight is 450 g/mol. The highest BCUT2D eigenvalue weighted by molar-refractivity contribution is 5.92. The number of aromatic nitrogens is 3. The molecule has 0 unspecified atom stereocenters. The van der Waals surface area contributed by atoms with Gasteiger partial charge in [0, 0.05) is 49.2 Å². The van der Waals surface area contributed by atoms with Crippen molar-refractivity contribution in [2.45, 2.75) is 26.7 Å². The maximum atomic E-state index is 14.6. The van der Waals surface area contributed by atoms with Crippen LogP contribution in [-0.4, -0.2) is 33.5 Å². The third kappa shape index (κ3) is 4.89. The van der Waals surface area contributed by atoms with E-state index in [-0.39, 0.29) is 23.3 Å². The highest BCUT2D eigenvalue weighted by Crippen LogP contribution is 2.26. The Bertz CT molecular complexity index is 1370. The van der Waals surface area contributed by atoms with Crippen LogP contribution in [0.5, 0.6) is 0 Å². The van der Waals surface area contributed by atoms with Crippen molar-refractivity contribution in [3.05, 3.63) is 87.9 Å². The first-order valence-electron chi connectivity index (χ1n) is 10.6. The maximum Gasteiger partial charge on any atom is 0.270 e. The van der Waals surface area contributed by atoms with Gasteiger partial charge in [0.05, 0.1) is 0 Å². The van der Waals surface area contributed by atoms with E-state index < -0.39 is 18.0 Å². The number of pyridine rings is 2. The number of hydrogen-bond acceptors (Lipinski definition) is 6. The van der Waals surface area contributed by atoms with Gasteiger partial charge in [-0.05, 0) is 49.7 Å². The molecule has 0 atom stereocenters. The molecule has 170 valence electrons. The molecule has 4 rings (SSSR count). The molecule has 1 amide bonds. The Balaban J connectivity index is 1.56. The molecule has 0 fully saturated rings. The van der Waals surface area contributed by atoms with Crippen molar-refractivity contribution in [2.75, 3.05) is 13.2 Å². The molecule has 0 saturated heterocycles. The Morgan fingerprint density at radius 3 is 2.70 bits per heavy atom. The van der Waals surface area contributed by atoms with Crippen molar-refractivity contribution in [1.82, 2.24) is 19.7 Å². The first-order chi connectivity index (χ1) is 16.0. The summed E-state index contributed by atoms with van der Waals surface area (Å²) in [5, 5.41) is 3.29. The molecule has 3 heterocycles. The molecule has 0 aliphatic rings. The second kappa shape index (κ2) is 9.85. The first-order valence-corrected chi connectivity index (χ1v) is 10.6. The number of rotatable bonds is 8. The van der Waals surface area contributed by atoms with Crippen LogP contribution in [0.2, 0.25) is 0 Å². The molecule has 33 heavy (non-hydrogen) atoms. The highest BCUT2D eigenvalue weighted by Gasteiger charge is 2.16. The first kappa shape index (κ1) is 22.5. The fourth-order valence-electron chi connectivity index (χ4n) is 3.49. The van der Waals surface area contributed by atoms with Gasteiger partial charge in [-0.1, -0.05) is 6.07 Å². The van der Waals surface area contributed by atoms with Gasteiger partial charge in [-0.15, -0.1) is 0 Å². The lowest BCUT2D eigenvalue weighted by Crippen LogP contribution is -2.27. The Labute approximate surface area is 189 Å². The smallest absolute Gasteiger partial charge is 0.270 e. The van der Waals surface area contributed by atoms with Crippen LogP contribution < -0.4 is 10.9 Å². The van der Waals surface area contributed by atoms with Gasteiger partial charge < -0.3 is 14.8 Å². The topological polar surface area (TPSA) is 94.8 Å². The Kier molecular flexibility index (Phi) is 6.71. The predicted octanol–water partition coefficient (Wildman–Crippen LogP) is 3.38. The van der Waals surface area contributed by atoms with Crippen molar-refractivity contribution in [2.24, 2.45) is 0 Å². The quantitative estimate of drug-likeness (QED) is 0.414. The standard InChI is InChI=1S/C24H23FN4O4/c1-3-32-24(33-4-2)17-10-16-9-15(13-26-22(16)18(25)11-17)14-27-23(31)19-12-21(30)29-8-6-5-7-20(29)28-19/h5-13,24H,3-4,14H2,1-2H3,(H,27,31). The minimum absolute atomic E-state index is 0.0181. The maximum absolute atomic E-state index is 14.6. The number of carbonyl (C=O) groups is 1. The van der Waals surface area contributed by atoms with Crippen LogP contribution in [0.25, 0.3) is 16.6 Å². The molecule has 8 nitrogen and oxygen atoms in total. The minimum Gasteiger partial charge on any atom is -0.349 e. The largest absolute Gasteiger partial charge is 0.349 e. The minimum atomic E-state index is -0.680. The van der Waals surface area contributed by atoms with Crippen LogP contribution in [0.3, 0.4) is 0 Å². The number of nitrogens with zero attached hydrogens (tertiary/aromatic N) is 3. The van der Waals surface area contributed by atoms with Crippen molar-refractivity contribution in [1.29, 1.82) is 0 Å². The summed E-state index contributed by atoms with van der Waals surface area (Å²) in [6.45, 7) is 4.64. The molecular weight excluding hydrogens is 427 g/mol. The van der Waals surface area contributed by atoms with Gasteiger partial charge >= 0.3 is 0 Å². The predicted molar refractivity (Wildman–Crippen MR) is 120 cm³/mol. The molecular formula is C24H23FN4O4. The Morgan fingerprint density at radius 1 is 1.15 bits per heavy atom. The fourth-order valence-corrected chi connectivity index (χ4v) is 3.49. The van der Waals surface area contributed by atoms with Gasteiger partial charge in [0.1, 0.15) is 22.7 Å². The van der Waals surface area contributed by atoms with Crippen molar-refractivity contribution >= 4 is 22.5 Å². The summed E-state index contributed by atoms with van der Waals surface area (Å²) in [4.78, 5) is 33.2. The molecule has 0 spiro atoms. The van der Waals surface area contributed by atoms with Crippen LogP contribution in [0.4, 0.5) is 4.39 Å². The van der Waals surface area contributed by atoms with Gasteiger partial charge in [-0.2, -0.15) is 0 Å². The Hall–Kier alpha value is -3.69. The number of hydrogen-bond donors (Lipinski definition) is 1. The van der Waals surface area contributed by atoms with E-state index in [0.29, 0.717) is 35.4 Å². The van der Waals surface area contributed by atoms with Crippen molar-refractivity contribution in [3.8, 4) is 0 Å². The summed E-state index contributed by atoms with van der Waals surface area (Å²) in [7, 11) is 0. The van der Waals surface area contributed by atoms with Crippen LogP contribution in [0.1, 0.15) is 41.8 Å². The molecule has 0 saturated carbocycles. The van der Waals surface area contributed by atoms with Crippen LogP contribution in [0, 0.1) is 5.82 Å². The molecule has 0 aliphatic carbocycles. The molecule has 9 heteroatoms. The summed E-state index contributed by atoms with van der Waals surface area (Å²) < 4.78 is 27.1. The van der Waals surface area contributed by atoms with Gasteiger partial charge in [-0.25, -0.2) is 9.37 Å². The number of fused-ring (bicyclic) bond motifs is 2. The van der Waals surface area contributed by atoms with E-state index >= 15 is 0 Å². The number of carbonyl (C=O) groups excluding carboxylic acids is 1. The van der Waals surface area contributed by atoms with E-state index in [2.05, 4.69) is 15.3 Å². The van der Waals surface area contributed by atoms with Gasteiger partial charge in [0.2, 0.25) is 0 Å². The zero-order chi connectivity index (χ0) is 23.4. The van der Waals surface area contributed by atoms with Crippen LogP contribution >= 0.6 is 0 Å². The van der Waals surface area contributed by atoms with E-state index in [4.69, 9.17) is 9.47 Å². The number of amides is 1. The second-order valence-corrected chi connectivity index (χ2v) is 7.25. The fraction of sp³-hybridized carbons (Fsp3) is 0.250. The number of halogens is 1. The van der Waals surface area contributed by atoms with Crippen molar-refractivity contribution < 1.29 is 18.7 Å². The molecule has 0 bridgehead atoms. The molecule has 3 aromatic heterocycles. The van der Waals surface area contributed by atoms with E-state index in [0.717, 1.165) is 0 Å². The van der Waals surface area contributed by atoms with Crippen molar-refractivity contribution in [3.63, 3.8) is 0 Å². The molecule has 0 aliphatic heterocycles. The van der Waals surface area contributed by atoms with E-state index in [9.17, 15) is 14.0 Å². The SMILES string of the molecule is CCOC(OCC)c1cc(F)c2ncc(CNC(=O)c3cc(=O)n4ccccc4n3)cc2c1. The summed E-state index contributed by atoms with van der Waals surface area (Å²) in [5.74, 6) is -0.977.